The van der Waals surface area contributed by atoms with Gasteiger partial charge in [0.2, 0.25) is 5.91 Å². The minimum absolute atomic E-state index is 0.0382. The van der Waals surface area contributed by atoms with Crippen LogP contribution in [0.1, 0.15) is 335 Å². The van der Waals surface area contributed by atoms with Gasteiger partial charge in [-0.3, -0.25) is 4.79 Å². The van der Waals surface area contributed by atoms with Crippen LogP contribution in [0.15, 0.2) is 12.2 Å². The van der Waals surface area contributed by atoms with Gasteiger partial charge in [0.05, 0.1) is 31.3 Å². The van der Waals surface area contributed by atoms with Crippen molar-refractivity contribution in [2.75, 3.05) is 6.61 Å². The molecule has 0 spiro atoms. The molecule has 382 valence electrons. The summed E-state index contributed by atoms with van der Waals surface area (Å²) in [6.07, 6.45) is 68.1. The van der Waals surface area contributed by atoms with Crippen molar-refractivity contribution in [1.82, 2.24) is 5.32 Å². The number of rotatable bonds is 55. The highest BCUT2D eigenvalue weighted by Crippen LogP contribution is 2.18. The Labute approximate surface area is 401 Å². The predicted molar refractivity (Wildman–Crippen MR) is 282 cm³/mol. The summed E-state index contributed by atoms with van der Waals surface area (Å²) in [5.41, 5.74) is 0. The van der Waals surface area contributed by atoms with E-state index in [4.69, 9.17) is 0 Å². The number of aliphatic hydroxyl groups is 3. The highest BCUT2D eigenvalue weighted by molar-refractivity contribution is 5.76. The zero-order valence-electron chi connectivity index (χ0n) is 43.7. The third kappa shape index (κ3) is 50.5. The number of aliphatic hydroxyl groups excluding tert-OH is 3. The number of unbranched alkanes of at least 4 members (excludes halogenated alkanes) is 44. The Morgan fingerprint density at radius 3 is 0.906 bits per heavy atom. The van der Waals surface area contributed by atoms with Crippen LogP contribution in [-0.4, -0.2) is 46.1 Å². The Hall–Kier alpha value is -0.910. The molecule has 0 fully saturated rings. The van der Waals surface area contributed by atoms with E-state index in [1.165, 1.54) is 276 Å². The summed E-state index contributed by atoms with van der Waals surface area (Å²) in [6, 6.07) is -0.658. The number of allylic oxidation sites excluding steroid dienone is 2. The summed E-state index contributed by atoms with van der Waals surface area (Å²) in [6.45, 7) is 4.31. The van der Waals surface area contributed by atoms with Crippen molar-refractivity contribution in [3.05, 3.63) is 12.2 Å². The molecule has 0 aromatic heterocycles. The number of amides is 1. The van der Waals surface area contributed by atoms with Gasteiger partial charge in [0.25, 0.3) is 0 Å². The van der Waals surface area contributed by atoms with E-state index < -0.39 is 18.2 Å². The predicted octanol–water partition coefficient (Wildman–Crippen LogP) is 18.3. The van der Waals surface area contributed by atoms with Crippen molar-refractivity contribution < 1.29 is 20.1 Å². The first-order valence-electron chi connectivity index (χ1n) is 29.5. The third-order valence-corrected chi connectivity index (χ3v) is 14.1. The van der Waals surface area contributed by atoms with Crippen LogP contribution >= 0.6 is 0 Å². The van der Waals surface area contributed by atoms with Crippen molar-refractivity contribution in [3.8, 4) is 0 Å². The lowest BCUT2D eigenvalue weighted by Gasteiger charge is -2.23. The summed E-state index contributed by atoms with van der Waals surface area (Å²) < 4.78 is 0. The Balaban J connectivity index is 3.51. The minimum Gasteiger partial charge on any atom is -0.394 e. The van der Waals surface area contributed by atoms with Gasteiger partial charge in [-0.05, 0) is 38.5 Å². The first-order valence-corrected chi connectivity index (χ1v) is 29.5. The first kappa shape index (κ1) is 63.1. The number of carbonyl (C=O) groups excluding carboxylic acids is 1. The molecule has 0 aliphatic carbocycles. The van der Waals surface area contributed by atoms with Gasteiger partial charge < -0.3 is 20.6 Å². The van der Waals surface area contributed by atoms with Gasteiger partial charge in [-0.25, -0.2) is 0 Å². The van der Waals surface area contributed by atoms with Crippen molar-refractivity contribution in [2.24, 2.45) is 0 Å². The van der Waals surface area contributed by atoms with Crippen molar-refractivity contribution in [2.45, 2.75) is 353 Å². The lowest BCUT2D eigenvalue weighted by Crippen LogP contribution is -2.46. The lowest BCUT2D eigenvalue weighted by atomic mass is 10.0. The molecule has 0 saturated carbocycles. The Kier molecular flexibility index (Phi) is 53.9. The van der Waals surface area contributed by atoms with Crippen LogP contribution in [0.5, 0.6) is 0 Å². The Morgan fingerprint density at radius 2 is 0.625 bits per heavy atom. The molecule has 0 aliphatic rings. The molecule has 5 heteroatoms. The highest BCUT2D eigenvalue weighted by atomic mass is 16.3. The SMILES string of the molecule is CCCCCCCCCCCCCC/C=C\CCCCCCCCCCC(O)CC(=O)NC(CO)C(O)CCCCCCCCCCCCCCCCCCCCCCCCCCC. The fraction of sp³-hybridized carbons (Fsp3) is 0.949. The quantitative estimate of drug-likeness (QED) is 0.0362. The molecule has 1 amide bonds. The van der Waals surface area contributed by atoms with Crippen molar-refractivity contribution in [1.29, 1.82) is 0 Å². The number of carbonyl (C=O) groups is 1. The monoisotopic (exact) mass is 904 g/mol. The van der Waals surface area contributed by atoms with E-state index >= 15 is 0 Å². The van der Waals surface area contributed by atoms with Crippen LogP contribution in [0.2, 0.25) is 0 Å². The Morgan fingerprint density at radius 1 is 0.375 bits per heavy atom. The summed E-state index contributed by atoms with van der Waals surface area (Å²) in [5.74, 6) is -0.278. The van der Waals surface area contributed by atoms with E-state index in [9.17, 15) is 20.1 Å². The molecule has 3 atom stereocenters. The molecule has 0 aromatic carbocycles. The van der Waals surface area contributed by atoms with E-state index in [-0.39, 0.29) is 18.9 Å². The normalized spacial score (nSPS) is 13.3. The van der Waals surface area contributed by atoms with Crippen LogP contribution < -0.4 is 5.32 Å². The molecule has 0 saturated heterocycles. The molecule has 0 aromatic rings. The maximum Gasteiger partial charge on any atom is 0.222 e. The van der Waals surface area contributed by atoms with Gasteiger partial charge >= 0.3 is 0 Å². The minimum atomic E-state index is -0.749. The molecule has 0 aliphatic heterocycles. The summed E-state index contributed by atoms with van der Waals surface area (Å²) in [4.78, 5) is 12.6. The van der Waals surface area contributed by atoms with Crippen LogP contribution in [0, 0.1) is 0 Å². The molecule has 0 bridgehead atoms. The molecule has 4 N–H and O–H groups in total. The highest BCUT2D eigenvalue weighted by Gasteiger charge is 2.21. The van der Waals surface area contributed by atoms with Gasteiger partial charge in [0.1, 0.15) is 0 Å². The standard InChI is InChI=1S/C59H117NO4/c1-3-5-7-9-11-13-15-17-19-21-23-25-27-29-31-33-35-37-39-41-43-45-47-49-51-53-58(63)57(55-61)60-59(64)54-56(62)52-50-48-46-44-42-40-38-36-34-32-30-28-26-24-22-20-18-16-14-12-10-8-6-4-2/h30,32,56-58,61-63H,3-29,31,33-55H2,1-2H3,(H,60,64)/b32-30-. The van der Waals surface area contributed by atoms with Gasteiger partial charge in [0, 0.05) is 0 Å². The van der Waals surface area contributed by atoms with E-state index in [1.54, 1.807) is 0 Å². The van der Waals surface area contributed by atoms with E-state index in [1.807, 2.05) is 0 Å². The molecular weight excluding hydrogens is 787 g/mol. The molecule has 0 heterocycles. The zero-order chi connectivity index (χ0) is 46.5. The summed E-state index contributed by atoms with van der Waals surface area (Å²) in [7, 11) is 0. The van der Waals surface area contributed by atoms with E-state index in [0.29, 0.717) is 12.8 Å². The van der Waals surface area contributed by atoms with Crippen LogP contribution in [0.4, 0.5) is 0 Å². The molecular formula is C59H117NO4. The number of hydrogen-bond donors (Lipinski definition) is 4. The molecule has 64 heavy (non-hydrogen) atoms. The fourth-order valence-corrected chi connectivity index (χ4v) is 9.58. The fourth-order valence-electron chi connectivity index (χ4n) is 9.58. The Bertz CT molecular complexity index is 909. The van der Waals surface area contributed by atoms with Crippen LogP contribution in [0.3, 0.4) is 0 Å². The third-order valence-electron chi connectivity index (χ3n) is 14.1. The molecule has 3 unspecified atom stereocenters. The molecule has 5 nitrogen and oxygen atoms in total. The summed E-state index contributed by atoms with van der Waals surface area (Å²) in [5, 5.41) is 33.7. The zero-order valence-corrected chi connectivity index (χ0v) is 43.7. The van der Waals surface area contributed by atoms with Gasteiger partial charge in [-0.1, -0.05) is 302 Å². The van der Waals surface area contributed by atoms with Crippen LogP contribution in [0.25, 0.3) is 0 Å². The molecule has 0 rings (SSSR count). The van der Waals surface area contributed by atoms with Crippen LogP contribution in [-0.2, 0) is 4.79 Å². The second-order valence-electron chi connectivity index (χ2n) is 20.6. The van der Waals surface area contributed by atoms with Crippen molar-refractivity contribution in [3.63, 3.8) is 0 Å². The van der Waals surface area contributed by atoms with Crippen molar-refractivity contribution >= 4 is 5.91 Å². The lowest BCUT2D eigenvalue weighted by molar-refractivity contribution is -0.125. The molecule has 0 radical (unpaired) electrons. The maximum absolute atomic E-state index is 12.6. The average Bonchev–Trinajstić information content (AvgIpc) is 3.29. The second kappa shape index (κ2) is 54.7. The smallest absolute Gasteiger partial charge is 0.222 e. The summed E-state index contributed by atoms with van der Waals surface area (Å²) >= 11 is 0. The van der Waals surface area contributed by atoms with E-state index in [0.717, 1.165) is 25.7 Å². The van der Waals surface area contributed by atoms with Gasteiger partial charge in [-0.2, -0.15) is 0 Å². The van der Waals surface area contributed by atoms with Gasteiger partial charge in [-0.15, -0.1) is 0 Å². The topological polar surface area (TPSA) is 89.8 Å². The first-order chi connectivity index (χ1) is 31.5. The number of hydrogen-bond acceptors (Lipinski definition) is 4. The second-order valence-corrected chi connectivity index (χ2v) is 20.6. The largest absolute Gasteiger partial charge is 0.394 e. The number of nitrogens with one attached hydrogen (secondary N) is 1. The van der Waals surface area contributed by atoms with E-state index in [2.05, 4.69) is 31.3 Å². The average molecular weight is 905 g/mol. The maximum atomic E-state index is 12.6. The van der Waals surface area contributed by atoms with Gasteiger partial charge in [0.15, 0.2) is 0 Å².